The summed E-state index contributed by atoms with van der Waals surface area (Å²) in [5.41, 5.74) is 3.42. The molecule has 3 aliphatic heterocycles. The van der Waals surface area contributed by atoms with Gasteiger partial charge in [-0.1, -0.05) is 36.4 Å². The molecule has 9 rings (SSSR count). The van der Waals surface area contributed by atoms with Gasteiger partial charge in [-0.15, -0.1) is 22.7 Å². The molecule has 3 aliphatic rings. The number of fused-ring (bicyclic) bond motifs is 12. The first kappa shape index (κ1) is 28.1. The van der Waals surface area contributed by atoms with E-state index >= 15 is 13.2 Å². The van der Waals surface area contributed by atoms with Gasteiger partial charge in [0.15, 0.2) is 5.54 Å². The highest BCUT2D eigenvalue weighted by Gasteiger charge is 2.45. The number of halogens is 3. The molecule has 230 valence electrons. The van der Waals surface area contributed by atoms with Crippen molar-refractivity contribution in [1.82, 2.24) is 4.58 Å². The minimum Gasteiger partial charge on any atom is -0.456 e. The van der Waals surface area contributed by atoms with Crippen molar-refractivity contribution in [3.8, 4) is 32.4 Å². The van der Waals surface area contributed by atoms with E-state index in [0.717, 1.165) is 63.2 Å². The second kappa shape index (κ2) is 8.81. The van der Waals surface area contributed by atoms with Crippen molar-refractivity contribution in [3.63, 3.8) is 0 Å². The molecular weight excluding hydrogens is 622 g/mol. The first-order chi connectivity index (χ1) is 21.8. The molecule has 2 aromatic heterocycles. The van der Waals surface area contributed by atoms with Crippen LogP contribution in [-0.2, 0) is 11.1 Å². The van der Waals surface area contributed by atoms with Crippen LogP contribution in [0.25, 0.3) is 46.6 Å². The van der Waals surface area contributed by atoms with Gasteiger partial charge in [0.05, 0.1) is 27.6 Å². The van der Waals surface area contributed by atoms with Crippen LogP contribution < -0.4 is 24.8 Å². The molecule has 0 bridgehead atoms. The molecule has 6 aromatic rings. The predicted octanol–water partition coefficient (Wildman–Crippen LogP) is 9.37. The van der Waals surface area contributed by atoms with E-state index < -0.39 is 11.7 Å². The smallest absolute Gasteiger partial charge is 0.417 e. The van der Waals surface area contributed by atoms with Crippen molar-refractivity contribution in [3.05, 3.63) is 100 Å². The summed E-state index contributed by atoms with van der Waals surface area (Å²) in [6, 6.07) is 23.5. The fraction of sp³-hybridized carbons (Fsp3) is 0.237. The van der Waals surface area contributed by atoms with Crippen LogP contribution in [-0.4, -0.2) is 20.3 Å². The minimum absolute atomic E-state index is 0.0799. The average Bonchev–Trinajstić information content (AvgIpc) is 3.60. The zero-order valence-corrected chi connectivity index (χ0v) is 27.8. The molecule has 5 heterocycles. The lowest BCUT2D eigenvalue weighted by Crippen LogP contribution is -2.46. The van der Waals surface area contributed by atoms with Crippen molar-refractivity contribution in [2.75, 3.05) is 19.0 Å². The Kier molecular flexibility index (Phi) is 5.38. The predicted molar refractivity (Wildman–Crippen MR) is 184 cm³/mol. The quantitative estimate of drug-likeness (QED) is 0.152. The normalized spacial score (nSPS) is 17.2. The van der Waals surface area contributed by atoms with Gasteiger partial charge in [0.2, 0.25) is 5.36 Å². The van der Waals surface area contributed by atoms with Crippen molar-refractivity contribution >= 4 is 54.1 Å². The molecule has 0 N–H and O–H groups in total. The van der Waals surface area contributed by atoms with E-state index in [2.05, 4.69) is 61.4 Å². The van der Waals surface area contributed by atoms with Gasteiger partial charge < -0.3 is 9.64 Å². The maximum atomic E-state index is 15.4. The average molecular weight is 652 g/mol. The second-order valence-corrected chi connectivity index (χ2v) is 15.7. The molecule has 4 aromatic carbocycles. The van der Waals surface area contributed by atoms with Crippen molar-refractivity contribution in [2.45, 2.75) is 44.9 Å². The van der Waals surface area contributed by atoms with Gasteiger partial charge in [0, 0.05) is 79.8 Å². The molecule has 0 fully saturated rings. The van der Waals surface area contributed by atoms with Crippen LogP contribution in [0, 0.1) is 0 Å². The molecule has 0 spiro atoms. The van der Waals surface area contributed by atoms with Crippen molar-refractivity contribution in [1.29, 1.82) is 0 Å². The van der Waals surface area contributed by atoms with Gasteiger partial charge in [-0.25, -0.2) is 4.58 Å². The van der Waals surface area contributed by atoms with E-state index in [1.165, 1.54) is 0 Å². The van der Waals surface area contributed by atoms with Gasteiger partial charge in [0.25, 0.3) is 0 Å². The molecule has 0 aliphatic carbocycles. The number of ether oxygens (including phenoxy) is 1. The van der Waals surface area contributed by atoms with E-state index in [-0.39, 0.29) is 33.4 Å². The zero-order valence-electron chi connectivity index (χ0n) is 26.2. The van der Waals surface area contributed by atoms with Crippen LogP contribution >= 0.6 is 22.7 Å². The summed E-state index contributed by atoms with van der Waals surface area (Å²) in [5, 5.41) is 3.22. The van der Waals surface area contributed by atoms with Crippen LogP contribution in [0.2, 0.25) is 0 Å². The molecule has 0 saturated carbocycles. The molecule has 0 amide bonds. The van der Waals surface area contributed by atoms with Crippen molar-refractivity contribution < 1.29 is 17.9 Å². The number of anilines is 1. The number of hydrogen-bond acceptors (Lipinski definition) is 4. The Morgan fingerprint density at radius 1 is 0.739 bits per heavy atom. The third-order valence-corrected chi connectivity index (χ3v) is 12.9. The lowest BCUT2D eigenvalue weighted by molar-refractivity contribution is -0.0698. The lowest BCUT2D eigenvalue weighted by atomic mass is 9.82. The Morgan fingerprint density at radius 3 is 2.00 bits per heavy atom. The summed E-state index contributed by atoms with van der Waals surface area (Å²) < 4.78 is 57.1. The number of hydrogen-bond donors (Lipinski definition) is 0. The molecule has 0 unspecified atom stereocenters. The van der Waals surface area contributed by atoms with Crippen LogP contribution in [0.15, 0.2) is 72.8 Å². The fourth-order valence-electron chi connectivity index (χ4n) is 7.81. The molecule has 46 heavy (non-hydrogen) atoms. The van der Waals surface area contributed by atoms with E-state index in [0.29, 0.717) is 0 Å². The molecule has 3 nitrogen and oxygen atoms in total. The summed E-state index contributed by atoms with van der Waals surface area (Å²) in [4.78, 5) is 4.19. The minimum atomic E-state index is -4.61. The van der Waals surface area contributed by atoms with E-state index in [9.17, 15) is 0 Å². The largest absolute Gasteiger partial charge is 0.456 e. The number of thiophene rings is 2. The Hall–Kier alpha value is -4.14. The standard InChI is InChI=1S/C38H30F3N2OS2/c1-36(2)32-19-11-7-9-13-29(19)45-34(32)21-15-23-27(17-25(21)42(36)5)44-28-18-26-22(16-24(28)31(23)38(39,40)41)35-33(37(3,4)43(26)6)20-12-8-10-14-30(20)46-35/h7-18H,1-6H3/q+1. The summed E-state index contributed by atoms with van der Waals surface area (Å²) in [5.74, 6) is 0.456. The fourth-order valence-corrected chi connectivity index (χ4v) is 10.6. The molecule has 0 saturated heterocycles. The highest BCUT2D eigenvalue weighted by Crippen LogP contribution is 2.56. The van der Waals surface area contributed by atoms with Gasteiger partial charge in [0.1, 0.15) is 18.5 Å². The van der Waals surface area contributed by atoms with Crippen molar-refractivity contribution in [2.24, 2.45) is 0 Å². The number of alkyl halides is 3. The van der Waals surface area contributed by atoms with E-state index in [1.54, 1.807) is 34.8 Å². The number of nitrogens with zero attached hydrogens (tertiary/aromatic N) is 2. The highest BCUT2D eigenvalue weighted by molar-refractivity contribution is 7.23. The lowest BCUT2D eigenvalue weighted by Gasteiger charge is -2.43. The first-order valence-corrected chi connectivity index (χ1v) is 16.9. The third kappa shape index (κ3) is 3.46. The van der Waals surface area contributed by atoms with Crippen LogP contribution in [0.1, 0.15) is 44.4 Å². The van der Waals surface area contributed by atoms with E-state index in [4.69, 9.17) is 4.74 Å². The second-order valence-electron chi connectivity index (χ2n) is 13.5. The van der Waals surface area contributed by atoms with Crippen LogP contribution in [0.3, 0.4) is 0 Å². The third-order valence-electron chi connectivity index (χ3n) is 10.5. The maximum absolute atomic E-state index is 15.4. The maximum Gasteiger partial charge on any atom is 0.417 e. The van der Waals surface area contributed by atoms with Gasteiger partial charge >= 0.3 is 6.18 Å². The van der Waals surface area contributed by atoms with Gasteiger partial charge in [-0.05, 0) is 43.5 Å². The number of rotatable bonds is 0. The molecule has 0 radical (unpaired) electrons. The first-order valence-electron chi connectivity index (χ1n) is 15.3. The SMILES string of the molecule is CN1c2cc3c(cc2-c2sc4ccccc4c2C1(C)C)C(C(F)(F)F)=c1cc2c(cc1O3)=[N+](C)C(C)(C)c1c-2sc2ccccc12. The number of benzene rings is 4. The molecule has 0 atom stereocenters. The topological polar surface area (TPSA) is 15.5 Å². The van der Waals surface area contributed by atoms with Crippen LogP contribution in [0.4, 0.5) is 18.9 Å². The zero-order chi connectivity index (χ0) is 32.1. The van der Waals surface area contributed by atoms with E-state index in [1.807, 2.05) is 50.5 Å². The highest BCUT2D eigenvalue weighted by atomic mass is 32.1. The Labute approximate surface area is 272 Å². The molecule has 8 heteroatoms. The van der Waals surface area contributed by atoms with Gasteiger partial charge in [-0.3, -0.25) is 0 Å². The van der Waals surface area contributed by atoms with Gasteiger partial charge in [-0.2, -0.15) is 13.2 Å². The Balaban J connectivity index is 1.38. The summed E-state index contributed by atoms with van der Waals surface area (Å²) in [6.45, 7) is 8.68. The summed E-state index contributed by atoms with van der Waals surface area (Å²) >= 11 is 3.28. The Bertz CT molecular complexity index is 2480. The summed E-state index contributed by atoms with van der Waals surface area (Å²) in [7, 11) is 4.03. The summed E-state index contributed by atoms with van der Waals surface area (Å²) in [6.07, 6.45) is -4.61. The monoisotopic (exact) mass is 651 g/mol. The van der Waals surface area contributed by atoms with Crippen LogP contribution in [0.5, 0.6) is 11.5 Å². The Morgan fingerprint density at radius 2 is 1.35 bits per heavy atom. The molecular formula is C38H30F3N2OS2+.